The van der Waals surface area contributed by atoms with Gasteiger partial charge in [0.2, 0.25) is 11.8 Å². The second-order valence-electron chi connectivity index (χ2n) is 8.54. The number of hydrogen-bond acceptors (Lipinski definition) is 7. The quantitative estimate of drug-likeness (QED) is 0.661. The van der Waals surface area contributed by atoms with Crippen LogP contribution in [-0.2, 0) is 16.1 Å². The van der Waals surface area contributed by atoms with Crippen LogP contribution in [0.5, 0.6) is 0 Å². The fraction of sp³-hybridized carbons (Fsp3) is 0.667. The third-order valence-electron chi connectivity index (χ3n) is 6.01. The van der Waals surface area contributed by atoms with Gasteiger partial charge < -0.3 is 15.1 Å². The van der Waals surface area contributed by atoms with Crippen LogP contribution >= 0.6 is 11.3 Å². The molecular weight excluding hydrogens is 416 g/mol. The van der Waals surface area contributed by atoms with Gasteiger partial charge in [-0.15, -0.1) is 0 Å². The van der Waals surface area contributed by atoms with Crippen LogP contribution in [-0.4, -0.2) is 64.0 Å². The zero-order chi connectivity index (χ0) is 22.0. The first-order chi connectivity index (χ1) is 15.0. The molecule has 3 heterocycles. The van der Waals surface area contributed by atoms with Crippen LogP contribution in [0.1, 0.15) is 45.4 Å². The molecule has 10 heteroatoms. The molecule has 0 spiro atoms. The number of fused-ring (bicyclic) bond motifs is 1. The molecule has 2 amide bonds. The largest absolute Gasteiger partial charge is 0.353 e. The molecular formula is C21H30N6O3S. The molecule has 31 heavy (non-hydrogen) atoms. The molecule has 0 aromatic carbocycles. The average molecular weight is 447 g/mol. The minimum atomic E-state index is -0.232. The first-order valence-corrected chi connectivity index (χ1v) is 11.9. The minimum absolute atomic E-state index is 0.0171. The lowest BCUT2D eigenvalue weighted by molar-refractivity contribution is -0.130. The molecule has 2 aromatic rings. The number of hydrogen-bond donors (Lipinski definition) is 1. The predicted octanol–water partition coefficient (Wildman–Crippen LogP) is 1.61. The lowest BCUT2D eigenvalue weighted by atomic mass is 9.96. The van der Waals surface area contributed by atoms with Crippen molar-refractivity contribution in [3.05, 3.63) is 16.7 Å². The maximum atomic E-state index is 12.9. The molecule has 1 saturated heterocycles. The Morgan fingerprint density at radius 2 is 2.00 bits per heavy atom. The molecule has 1 N–H and O–H groups in total. The number of nitrogens with one attached hydrogen (secondary N) is 1. The Kier molecular flexibility index (Phi) is 6.54. The Labute approximate surface area is 185 Å². The van der Waals surface area contributed by atoms with Crippen molar-refractivity contribution in [1.29, 1.82) is 0 Å². The highest BCUT2D eigenvalue weighted by Gasteiger charge is 2.30. The van der Waals surface area contributed by atoms with E-state index in [1.165, 1.54) is 22.2 Å². The van der Waals surface area contributed by atoms with E-state index < -0.39 is 0 Å². The minimum Gasteiger partial charge on any atom is -0.353 e. The van der Waals surface area contributed by atoms with E-state index in [1.54, 1.807) is 11.9 Å². The lowest BCUT2D eigenvalue weighted by Gasteiger charge is -2.30. The summed E-state index contributed by atoms with van der Waals surface area (Å²) in [4.78, 5) is 50.2. The summed E-state index contributed by atoms with van der Waals surface area (Å²) in [7, 11) is 1.76. The van der Waals surface area contributed by atoms with Gasteiger partial charge in [0.15, 0.2) is 10.8 Å². The standard InChI is InChI=1S/C21H30N6O3S/c1-3-4-9-25(2)16(28)12-27-13-22-18-17(20(27)30)31-21(24-18)26-10-7-14(8-11-26)19(29)23-15-5-6-15/h13-15H,3-12H2,1-2H3,(H,23,29). The third kappa shape index (κ3) is 5.06. The van der Waals surface area contributed by atoms with Gasteiger partial charge in [0.25, 0.3) is 5.56 Å². The van der Waals surface area contributed by atoms with E-state index in [4.69, 9.17) is 0 Å². The summed E-state index contributed by atoms with van der Waals surface area (Å²) in [6, 6.07) is 0.390. The highest BCUT2D eigenvalue weighted by atomic mass is 32.1. The number of carbonyl (C=O) groups is 2. The third-order valence-corrected chi connectivity index (χ3v) is 7.10. The topological polar surface area (TPSA) is 100 Å². The Hall–Kier alpha value is -2.49. The number of piperidine rings is 1. The molecule has 1 aliphatic heterocycles. The lowest BCUT2D eigenvalue weighted by Crippen LogP contribution is -2.41. The molecule has 2 aliphatic rings. The average Bonchev–Trinajstić information content (AvgIpc) is 3.48. The second-order valence-corrected chi connectivity index (χ2v) is 9.52. The monoisotopic (exact) mass is 446 g/mol. The van der Waals surface area contributed by atoms with Crippen LogP contribution in [0.25, 0.3) is 10.3 Å². The second kappa shape index (κ2) is 9.33. The van der Waals surface area contributed by atoms with Crippen LogP contribution in [0.2, 0.25) is 0 Å². The summed E-state index contributed by atoms with van der Waals surface area (Å²) in [6.45, 7) is 4.21. The van der Waals surface area contributed by atoms with Gasteiger partial charge >= 0.3 is 0 Å². The van der Waals surface area contributed by atoms with E-state index in [2.05, 4.69) is 27.1 Å². The van der Waals surface area contributed by atoms with Crippen LogP contribution < -0.4 is 15.8 Å². The van der Waals surface area contributed by atoms with Gasteiger partial charge in [0.1, 0.15) is 17.6 Å². The van der Waals surface area contributed by atoms with Gasteiger partial charge in [0, 0.05) is 38.6 Å². The zero-order valence-electron chi connectivity index (χ0n) is 18.2. The number of anilines is 1. The zero-order valence-corrected chi connectivity index (χ0v) is 19.0. The Morgan fingerprint density at radius 1 is 1.26 bits per heavy atom. The molecule has 1 saturated carbocycles. The summed E-state index contributed by atoms with van der Waals surface area (Å²) < 4.78 is 1.83. The van der Waals surface area contributed by atoms with Gasteiger partial charge in [0.05, 0.1) is 0 Å². The van der Waals surface area contributed by atoms with Crippen LogP contribution in [0.15, 0.2) is 11.1 Å². The number of likely N-dealkylation sites (N-methyl/N-ethyl adjacent to an activating group) is 1. The van der Waals surface area contributed by atoms with Gasteiger partial charge in [-0.3, -0.25) is 19.0 Å². The summed E-state index contributed by atoms with van der Waals surface area (Å²) in [5, 5.41) is 3.85. The SMILES string of the molecule is CCCCN(C)C(=O)Cn1cnc2nc(N3CCC(C(=O)NC4CC4)CC3)sc2c1=O. The fourth-order valence-electron chi connectivity index (χ4n) is 3.75. The molecule has 2 aromatic heterocycles. The number of nitrogens with zero attached hydrogens (tertiary/aromatic N) is 5. The van der Waals surface area contributed by atoms with E-state index >= 15 is 0 Å². The molecule has 4 rings (SSSR count). The fourth-order valence-corrected chi connectivity index (χ4v) is 4.77. The van der Waals surface area contributed by atoms with Crippen molar-refractivity contribution in [2.24, 2.45) is 5.92 Å². The number of thiazole rings is 1. The summed E-state index contributed by atoms with van der Waals surface area (Å²) in [5.41, 5.74) is 0.186. The Morgan fingerprint density at radius 3 is 2.68 bits per heavy atom. The van der Waals surface area contributed by atoms with E-state index in [0.717, 1.165) is 56.7 Å². The van der Waals surface area contributed by atoms with Gasteiger partial charge in [-0.2, -0.15) is 4.98 Å². The van der Waals surface area contributed by atoms with E-state index in [-0.39, 0.29) is 29.8 Å². The smallest absolute Gasteiger partial charge is 0.273 e. The van der Waals surface area contributed by atoms with Gasteiger partial charge in [-0.25, -0.2) is 4.98 Å². The van der Waals surface area contributed by atoms with Gasteiger partial charge in [-0.1, -0.05) is 24.7 Å². The number of unbranched alkanes of at least 4 members (excludes halogenated alkanes) is 1. The molecule has 0 unspecified atom stereocenters. The Bertz CT molecular complexity index is 1010. The van der Waals surface area contributed by atoms with Crippen molar-refractivity contribution < 1.29 is 9.59 Å². The van der Waals surface area contributed by atoms with Crippen LogP contribution in [0.4, 0.5) is 5.13 Å². The molecule has 0 radical (unpaired) electrons. The number of rotatable bonds is 8. The Balaban J connectivity index is 1.41. The number of aromatic nitrogens is 3. The normalized spacial score (nSPS) is 17.2. The first kappa shape index (κ1) is 21.7. The summed E-state index contributed by atoms with van der Waals surface area (Å²) in [5.74, 6) is 0.120. The molecule has 0 bridgehead atoms. The highest BCUT2D eigenvalue weighted by Crippen LogP contribution is 2.30. The molecule has 1 aliphatic carbocycles. The van der Waals surface area contributed by atoms with Crippen molar-refractivity contribution >= 4 is 38.6 Å². The van der Waals surface area contributed by atoms with Crippen molar-refractivity contribution in [3.63, 3.8) is 0 Å². The number of carbonyl (C=O) groups excluding carboxylic acids is 2. The molecule has 9 nitrogen and oxygen atoms in total. The maximum absolute atomic E-state index is 12.9. The van der Waals surface area contributed by atoms with E-state index in [1.807, 2.05) is 0 Å². The van der Waals surface area contributed by atoms with E-state index in [9.17, 15) is 14.4 Å². The maximum Gasteiger partial charge on any atom is 0.273 e. The molecule has 0 atom stereocenters. The number of amides is 2. The molecule has 2 fully saturated rings. The van der Waals surface area contributed by atoms with Crippen LogP contribution in [0.3, 0.4) is 0 Å². The van der Waals surface area contributed by atoms with Crippen molar-refractivity contribution in [2.75, 3.05) is 31.6 Å². The van der Waals surface area contributed by atoms with Crippen molar-refractivity contribution in [1.82, 2.24) is 24.8 Å². The predicted molar refractivity (Wildman–Crippen MR) is 120 cm³/mol. The first-order valence-electron chi connectivity index (χ1n) is 11.1. The van der Waals surface area contributed by atoms with Crippen molar-refractivity contribution in [2.45, 2.75) is 58.0 Å². The van der Waals surface area contributed by atoms with Gasteiger partial charge in [-0.05, 0) is 32.1 Å². The molecule has 168 valence electrons. The summed E-state index contributed by atoms with van der Waals surface area (Å²) >= 11 is 1.32. The van der Waals surface area contributed by atoms with Crippen molar-refractivity contribution in [3.8, 4) is 0 Å². The van der Waals surface area contributed by atoms with E-state index in [0.29, 0.717) is 22.9 Å². The van der Waals surface area contributed by atoms with Crippen LogP contribution in [0, 0.1) is 5.92 Å². The highest BCUT2D eigenvalue weighted by molar-refractivity contribution is 7.22. The summed E-state index contributed by atoms with van der Waals surface area (Å²) in [6.07, 6.45) is 7.12.